The lowest BCUT2D eigenvalue weighted by Gasteiger charge is -1.99. The van der Waals surface area contributed by atoms with E-state index in [4.69, 9.17) is 16.7 Å². The molecule has 1 aromatic carbocycles. The maximum atomic E-state index is 10.3. The number of hydrogen-bond acceptors (Lipinski definition) is 3. The fraction of sp³-hybridized carbons (Fsp3) is 0. The monoisotopic (exact) mass is 251 g/mol. The van der Waals surface area contributed by atoms with Crippen LogP contribution in [0.5, 0.6) is 5.75 Å². The van der Waals surface area contributed by atoms with Crippen LogP contribution in [-0.4, -0.2) is 10.0 Å². The fourth-order valence-corrected chi connectivity index (χ4v) is 1.31. The molecule has 0 saturated heterocycles. The highest BCUT2D eigenvalue weighted by molar-refractivity contribution is 9.10. The summed E-state index contributed by atoms with van der Waals surface area (Å²) in [5.41, 5.74) is -0.169. The number of phenolic OH excluding ortho intramolecular Hbond substituents is 1. The Morgan fingerprint density at radius 3 is 2.67 bits per heavy atom. The molecule has 4 nitrogen and oxygen atoms in total. The van der Waals surface area contributed by atoms with E-state index in [-0.39, 0.29) is 20.9 Å². The number of nitro groups is 1. The van der Waals surface area contributed by atoms with E-state index in [9.17, 15) is 10.1 Å². The predicted octanol–water partition coefficient (Wildman–Crippen LogP) is 2.72. The van der Waals surface area contributed by atoms with Crippen LogP contribution in [0, 0.1) is 10.1 Å². The Morgan fingerprint density at radius 1 is 1.58 bits per heavy atom. The first kappa shape index (κ1) is 9.28. The van der Waals surface area contributed by atoms with Gasteiger partial charge in [-0.15, -0.1) is 0 Å². The summed E-state index contributed by atoms with van der Waals surface area (Å²) in [6.45, 7) is 0. The minimum absolute atomic E-state index is 0.0517. The van der Waals surface area contributed by atoms with Gasteiger partial charge in [0.25, 0.3) is 5.69 Å². The van der Waals surface area contributed by atoms with Crippen LogP contribution in [0.25, 0.3) is 0 Å². The molecule has 0 heterocycles. The van der Waals surface area contributed by atoms with Crippen LogP contribution >= 0.6 is 27.5 Å². The third kappa shape index (κ3) is 1.51. The molecule has 0 saturated carbocycles. The normalized spacial score (nSPS) is 9.83. The van der Waals surface area contributed by atoms with Crippen LogP contribution in [0.2, 0.25) is 5.02 Å². The molecule has 64 valence electrons. The number of nitro benzene ring substituents is 1. The third-order valence-corrected chi connectivity index (χ3v) is 2.65. The van der Waals surface area contributed by atoms with Crippen LogP contribution in [0.1, 0.15) is 0 Å². The van der Waals surface area contributed by atoms with Crippen LogP contribution in [0.15, 0.2) is 16.6 Å². The van der Waals surface area contributed by atoms with Crippen LogP contribution in [-0.2, 0) is 0 Å². The second-order valence-electron chi connectivity index (χ2n) is 1.99. The second-order valence-corrected chi connectivity index (χ2v) is 3.16. The van der Waals surface area contributed by atoms with Crippen molar-refractivity contribution in [1.29, 1.82) is 0 Å². The molecule has 0 amide bonds. The number of halogens is 2. The number of nitrogens with zero attached hydrogens (tertiary/aromatic N) is 1. The third-order valence-electron chi connectivity index (χ3n) is 1.24. The van der Waals surface area contributed by atoms with Crippen molar-refractivity contribution in [2.45, 2.75) is 0 Å². The Kier molecular flexibility index (Phi) is 2.54. The summed E-state index contributed by atoms with van der Waals surface area (Å²) < 4.78 is 0.0918. The van der Waals surface area contributed by atoms with E-state index in [0.717, 1.165) is 0 Å². The zero-order valence-corrected chi connectivity index (χ0v) is 7.96. The van der Waals surface area contributed by atoms with Gasteiger partial charge >= 0.3 is 0 Å². The minimum Gasteiger partial charge on any atom is -0.506 e. The molecular weight excluding hydrogens is 249 g/mol. The average Bonchev–Trinajstić information content (AvgIpc) is 2.00. The zero-order chi connectivity index (χ0) is 9.30. The molecule has 0 aliphatic heterocycles. The van der Waals surface area contributed by atoms with Crippen molar-refractivity contribution in [2.75, 3.05) is 0 Å². The van der Waals surface area contributed by atoms with E-state index >= 15 is 0 Å². The average molecular weight is 252 g/mol. The van der Waals surface area contributed by atoms with Gasteiger partial charge in [-0.3, -0.25) is 10.1 Å². The van der Waals surface area contributed by atoms with Gasteiger partial charge < -0.3 is 5.11 Å². The maximum Gasteiger partial charge on any atom is 0.285 e. The van der Waals surface area contributed by atoms with Crippen molar-refractivity contribution >= 4 is 33.2 Å². The van der Waals surface area contributed by atoms with Gasteiger partial charge in [0.15, 0.2) is 0 Å². The number of rotatable bonds is 1. The first-order valence-corrected chi connectivity index (χ1v) is 4.02. The molecule has 6 heteroatoms. The highest BCUT2D eigenvalue weighted by Crippen LogP contribution is 2.37. The highest BCUT2D eigenvalue weighted by Gasteiger charge is 2.16. The van der Waals surface area contributed by atoms with Gasteiger partial charge in [-0.1, -0.05) is 11.6 Å². The SMILES string of the molecule is O=[N+]([O-])c1ccc(O)c(Cl)c1Br. The smallest absolute Gasteiger partial charge is 0.285 e. The van der Waals surface area contributed by atoms with Gasteiger partial charge in [-0.25, -0.2) is 0 Å². The van der Waals surface area contributed by atoms with Crippen LogP contribution in [0.3, 0.4) is 0 Å². The summed E-state index contributed by atoms with van der Waals surface area (Å²) in [6.07, 6.45) is 0. The first-order valence-electron chi connectivity index (χ1n) is 2.85. The van der Waals surface area contributed by atoms with Crippen molar-refractivity contribution in [3.8, 4) is 5.75 Å². The molecule has 0 spiro atoms. The van der Waals surface area contributed by atoms with Crippen LogP contribution in [0.4, 0.5) is 5.69 Å². The van der Waals surface area contributed by atoms with E-state index in [1.807, 2.05) is 0 Å². The van der Waals surface area contributed by atoms with E-state index in [0.29, 0.717) is 0 Å². The number of phenols is 1. The molecular formula is C6H3BrClNO3. The van der Waals surface area contributed by atoms with Gasteiger partial charge in [-0.2, -0.15) is 0 Å². The Labute approximate surface area is 81.0 Å². The Balaban J connectivity index is 3.36. The Bertz CT molecular complexity index is 342. The molecule has 0 aliphatic rings. The summed E-state index contributed by atoms with van der Waals surface area (Å²) in [6, 6.07) is 2.34. The predicted molar refractivity (Wildman–Crippen MR) is 47.5 cm³/mol. The standard InChI is InChI=1S/C6H3BrClNO3/c7-5-3(9(11)12)1-2-4(10)6(5)8/h1-2,10H. The lowest BCUT2D eigenvalue weighted by molar-refractivity contribution is -0.385. The van der Waals surface area contributed by atoms with E-state index in [1.165, 1.54) is 12.1 Å². The molecule has 0 radical (unpaired) electrons. The Hall–Kier alpha value is -0.810. The summed E-state index contributed by atoms with van der Waals surface area (Å²) in [4.78, 5) is 9.73. The quantitative estimate of drug-likeness (QED) is 0.617. The van der Waals surface area contributed by atoms with Crippen molar-refractivity contribution < 1.29 is 10.0 Å². The van der Waals surface area contributed by atoms with E-state index < -0.39 is 4.92 Å². The minimum atomic E-state index is -0.588. The number of benzene rings is 1. The fourth-order valence-electron chi connectivity index (χ4n) is 0.670. The molecule has 1 aromatic rings. The van der Waals surface area contributed by atoms with E-state index in [2.05, 4.69) is 15.9 Å². The molecule has 0 aromatic heterocycles. The molecule has 1 rings (SSSR count). The largest absolute Gasteiger partial charge is 0.506 e. The lowest BCUT2D eigenvalue weighted by Crippen LogP contribution is -1.89. The lowest BCUT2D eigenvalue weighted by atomic mass is 10.3. The van der Waals surface area contributed by atoms with Gasteiger partial charge in [-0.05, 0) is 22.0 Å². The van der Waals surface area contributed by atoms with Gasteiger partial charge in [0.1, 0.15) is 15.2 Å². The first-order chi connectivity index (χ1) is 5.54. The summed E-state index contributed by atoms with van der Waals surface area (Å²) >= 11 is 8.42. The van der Waals surface area contributed by atoms with Crippen molar-refractivity contribution in [1.82, 2.24) is 0 Å². The summed E-state index contributed by atoms with van der Waals surface area (Å²) in [7, 11) is 0. The van der Waals surface area contributed by atoms with Gasteiger partial charge in [0.2, 0.25) is 0 Å². The molecule has 0 bridgehead atoms. The molecule has 0 unspecified atom stereocenters. The van der Waals surface area contributed by atoms with Crippen molar-refractivity contribution in [3.05, 3.63) is 31.7 Å². The molecule has 0 atom stereocenters. The van der Waals surface area contributed by atoms with Crippen molar-refractivity contribution in [3.63, 3.8) is 0 Å². The molecule has 12 heavy (non-hydrogen) atoms. The highest BCUT2D eigenvalue weighted by atomic mass is 79.9. The van der Waals surface area contributed by atoms with Crippen molar-refractivity contribution in [2.24, 2.45) is 0 Å². The van der Waals surface area contributed by atoms with Gasteiger partial charge in [0, 0.05) is 6.07 Å². The van der Waals surface area contributed by atoms with Gasteiger partial charge in [0.05, 0.1) is 4.92 Å². The number of hydrogen-bond donors (Lipinski definition) is 1. The zero-order valence-electron chi connectivity index (χ0n) is 5.62. The maximum absolute atomic E-state index is 10.3. The Morgan fingerprint density at radius 2 is 2.17 bits per heavy atom. The molecule has 1 N–H and O–H groups in total. The van der Waals surface area contributed by atoms with E-state index in [1.54, 1.807) is 0 Å². The van der Waals surface area contributed by atoms with Crippen LogP contribution < -0.4 is 0 Å². The number of aromatic hydroxyl groups is 1. The summed E-state index contributed by atoms with van der Waals surface area (Å²) in [5.74, 6) is -0.186. The topological polar surface area (TPSA) is 63.4 Å². The second kappa shape index (κ2) is 3.28. The molecule has 0 aliphatic carbocycles. The molecule has 0 fully saturated rings. The summed E-state index contributed by atoms with van der Waals surface area (Å²) in [5, 5.41) is 19.3.